The van der Waals surface area contributed by atoms with E-state index < -0.39 is 11.9 Å². The summed E-state index contributed by atoms with van der Waals surface area (Å²) in [5, 5.41) is 10.1. The van der Waals surface area contributed by atoms with Crippen LogP contribution in [0.25, 0.3) is 11.1 Å². The molecule has 1 aromatic carbocycles. The second-order valence-corrected chi connectivity index (χ2v) is 4.66. The van der Waals surface area contributed by atoms with Crippen LogP contribution < -0.4 is 5.76 Å². The molecule has 96 valence electrons. The maximum atomic E-state index is 11.0. The molecule has 0 bridgehead atoms. The largest absolute Gasteiger partial charge is 0.417 e. The highest BCUT2D eigenvalue weighted by molar-refractivity contribution is 5.72. The predicted molar refractivity (Wildman–Crippen MR) is 65.4 cm³/mol. The van der Waals surface area contributed by atoms with Crippen LogP contribution in [0.3, 0.4) is 0 Å². The normalized spacial score (nSPS) is 21.5. The predicted octanol–water partition coefficient (Wildman–Crippen LogP) is 1.72. The molecule has 2 unspecified atom stereocenters. The minimum atomic E-state index is -0.585. The third-order valence-corrected chi connectivity index (χ3v) is 3.34. The van der Waals surface area contributed by atoms with Crippen LogP contribution in [-0.2, 0) is 4.74 Å². The molecule has 1 fully saturated rings. The van der Waals surface area contributed by atoms with Crippen LogP contribution in [0.15, 0.2) is 27.4 Å². The summed E-state index contributed by atoms with van der Waals surface area (Å²) in [6.45, 7) is 0.781. The summed E-state index contributed by atoms with van der Waals surface area (Å²) in [6, 6.07) is 5.24. The van der Waals surface area contributed by atoms with E-state index in [0.717, 1.165) is 25.0 Å². The van der Waals surface area contributed by atoms with Crippen LogP contribution >= 0.6 is 0 Å². The van der Waals surface area contributed by atoms with Gasteiger partial charge in [0.05, 0.1) is 17.7 Å². The maximum absolute atomic E-state index is 11.0. The van der Waals surface area contributed by atoms with Crippen molar-refractivity contribution in [2.24, 2.45) is 0 Å². The van der Waals surface area contributed by atoms with E-state index in [1.54, 1.807) is 18.2 Å². The minimum absolute atomic E-state index is 0.133. The Morgan fingerprint density at radius 3 is 3.17 bits per heavy atom. The molecule has 1 aliphatic rings. The van der Waals surface area contributed by atoms with Gasteiger partial charge in [-0.05, 0) is 30.5 Å². The molecule has 2 N–H and O–H groups in total. The van der Waals surface area contributed by atoms with Crippen molar-refractivity contribution in [1.29, 1.82) is 0 Å². The van der Waals surface area contributed by atoms with Crippen molar-refractivity contribution in [3.63, 3.8) is 0 Å². The van der Waals surface area contributed by atoms with Crippen molar-refractivity contribution in [2.45, 2.75) is 31.5 Å². The van der Waals surface area contributed by atoms with Crippen LogP contribution in [0.5, 0.6) is 0 Å². The summed E-state index contributed by atoms with van der Waals surface area (Å²) in [5.74, 6) is -0.476. The molecule has 0 radical (unpaired) electrons. The minimum Gasteiger partial charge on any atom is -0.408 e. The summed E-state index contributed by atoms with van der Waals surface area (Å²) in [6.07, 6.45) is 2.19. The van der Waals surface area contributed by atoms with Gasteiger partial charge in [-0.15, -0.1) is 0 Å². The smallest absolute Gasteiger partial charge is 0.408 e. The zero-order valence-corrected chi connectivity index (χ0v) is 9.89. The van der Waals surface area contributed by atoms with Gasteiger partial charge >= 0.3 is 5.76 Å². The Morgan fingerprint density at radius 1 is 1.50 bits per heavy atom. The second kappa shape index (κ2) is 4.59. The summed E-state index contributed by atoms with van der Waals surface area (Å²) in [7, 11) is 0. The highest BCUT2D eigenvalue weighted by atomic mass is 16.5. The number of hydrogen-bond acceptors (Lipinski definition) is 4. The number of aromatic nitrogens is 1. The maximum Gasteiger partial charge on any atom is 0.417 e. The number of ether oxygens (including phenoxy) is 1. The monoisotopic (exact) mass is 249 g/mol. The first-order valence-electron chi connectivity index (χ1n) is 6.15. The van der Waals surface area contributed by atoms with E-state index in [0.29, 0.717) is 17.5 Å². The second-order valence-electron chi connectivity index (χ2n) is 4.66. The Labute approximate surface area is 103 Å². The molecular weight excluding hydrogens is 234 g/mol. The molecule has 2 aromatic rings. The molecule has 5 nitrogen and oxygen atoms in total. The zero-order chi connectivity index (χ0) is 12.5. The Kier molecular flexibility index (Phi) is 2.93. The SMILES string of the molecule is O=c1[nH]c2ccc(C(O)CC3CCCO3)cc2o1. The number of benzene rings is 1. The number of oxazole rings is 1. The molecule has 1 saturated heterocycles. The average Bonchev–Trinajstić information content (AvgIpc) is 2.95. The molecule has 1 aromatic heterocycles. The molecular formula is C13H15NO4. The summed E-state index contributed by atoms with van der Waals surface area (Å²) in [5.41, 5.74) is 1.87. The Morgan fingerprint density at radius 2 is 2.39 bits per heavy atom. The third-order valence-electron chi connectivity index (χ3n) is 3.34. The van der Waals surface area contributed by atoms with Crippen LogP contribution in [-0.4, -0.2) is 22.8 Å². The van der Waals surface area contributed by atoms with E-state index in [-0.39, 0.29) is 6.10 Å². The van der Waals surface area contributed by atoms with Gasteiger partial charge in [-0.1, -0.05) is 6.07 Å². The van der Waals surface area contributed by atoms with Crippen LogP contribution in [0.4, 0.5) is 0 Å². The number of aliphatic hydroxyl groups excluding tert-OH is 1. The topological polar surface area (TPSA) is 75.5 Å². The van der Waals surface area contributed by atoms with Crippen LogP contribution in [0, 0.1) is 0 Å². The Bertz CT molecular complexity index is 594. The van der Waals surface area contributed by atoms with Crippen LogP contribution in [0.2, 0.25) is 0 Å². The number of fused-ring (bicyclic) bond motifs is 1. The molecule has 0 saturated carbocycles. The van der Waals surface area contributed by atoms with E-state index in [9.17, 15) is 9.90 Å². The van der Waals surface area contributed by atoms with E-state index in [4.69, 9.17) is 9.15 Å². The van der Waals surface area contributed by atoms with E-state index in [1.807, 2.05) is 0 Å². The van der Waals surface area contributed by atoms with Gasteiger partial charge in [0, 0.05) is 13.0 Å². The van der Waals surface area contributed by atoms with Gasteiger partial charge in [0.15, 0.2) is 5.58 Å². The molecule has 0 spiro atoms. The number of nitrogens with one attached hydrogen (secondary N) is 1. The van der Waals surface area contributed by atoms with Gasteiger partial charge in [0.2, 0.25) is 0 Å². The van der Waals surface area contributed by atoms with Crippen molar-refractivity contribution in [3.8, 4) is 0 Å². The summed E-state index contributed by atoms with van der Waals surface area (Å²) < 4.78 is 10.5. The molecule has 2 atom stereocenters. The van der Waals surface area contributed by atoms with E-state index in [2.05, 4.69) is 4.98 Å². The molecule has 3 rings (SSSR count). The number of aromatic amines is 1. The number of hydrogen-bond donors (Lipinski definition) is 2. The van der Waals surface area contributed by atoms with Crippen LogP contribution in [0.1, 0.15) is 30.9 Å². The first-order valence-corrected chi connectivity index (χ1v) is 6.15. The molecule has 18 heavy (non-hydrogen) atoms. The highest BCUT2D eigenvalue weighted by Crippen LogP contribution is 2.26. The standard InChI is InChI=1S/C13H15NO4/c15-11(7-9-2-1-5-17-9)8-3-4-10-12(6-8)18-13(16)14-10/h3-4,6,9,11,15H,1-2,5,7H2,(H,14,16). The van der Waals surface area contributed by atoms with Crippen molar-refractivity contribution in [1.82, 2.24) is 4.98 Å². The Balaban J connectivity index is 1.81. The van der Waals surface area contributed by atoms with Gasteiger partial charge in [-0.25, -0.2) is 4.79 Å². The lowest BCUT2D eigenvalue weighted by molar-refractivity contribution is 0.0535. The van der Waals surface area contributed by atoms with Crippen molar-refractivity contribution >= 4 is 11.1 Å². The van der Waals surface area contributed by atoms with Crippen molar-refractivity contribution in [2.75, 3.05) is 6.61 Å². The van der Waals surface area contributed by atoms with Crippen molar-refractivity contribution < 1.29 is 14.3 Å². The van der Waals surface area contributed by atoms with Gasteiger partial charge in [0.1, 0.15) is 0 Å². The first kappa shape index (κ1) is 11.5. The fourth-order valence-corrected chi connectivity index (χ4v) is 2.38. The molecule has 0 aliphatic carbocycles. The van der Waals surface area contributed by atoms with Gasteiger partial charge in [-0.2, -0.15) is 0 Å². The third kappa shape index (κ3) is 2.19. The lowest BCUT2D eigenvalue weighted by atomic mass is 10.0. The average molecular weight is 249 g/mol. The van der Waals surface area contributed by atoms with E-state index >= 15 is 0 Å². The number of rotatable bonds is 3. The number of H-pyrrole nitrogens is 1. The molecule has 5 heteroatoms. The van der Waals surface area contributed by atoms with Gasteiger partial charge < -0.3 is 14.3 Å². The fourth-order valence-electron chi connectivity index (χ4n) is 2.38. The first-order chi connectivity index (χ1) is 8.72. The van der Waals surface area contributed by atoms with E-state index in [1.165, 1.54) is 0 Å². The zero-order valence-electron chi connectivity index (χ0n) is 9.89. The quantitative estimate of drug-likeness (QED) is 0.868. The Hall–Kier alpha value is -1.59. The fraction of sp³-hybridized carbons (Fsp3) is 0.462. The van der Waals surface area contributed by atoms with Gasteiger partial charge in [-0.3, -0.25) is 4.98 Å². The lowest BCUT2D eigenvalue weighted by Crippen LogP contribution is -2.11. The molecule has 0 amide bonds. The highest BCUT2D eigenvalue weighted by Gasteiger charge is 2.20. The number of aliphatic hydroxyl groups is 1. The lowest BCUT2D eigenvalue weighted by Gasteiger charge is -2.15. The summed E-state index contributed by atoms with van der Waals surface area (Å²) >= 11 is 0. The van der Waals surface area contributed by atoms with Gasteiger partial charge in [0.25, 0.3) is 0 Å². The van der Waals surface area contributed by atoms with Crippen molar-refractivity contribution in [3.05, 3.63) is 34.3 Å². The molecule has 1 aliphatic heterocycles. The molecule has 2 heterocycles. The summed E-state index contributed by atoms with van der Waals surface area (Å²) in [4.78, 5) is 13.6.